The first-order chi connectivity index (χ1) is 9.81. The summed E-state index contributed by atoms with van der Waals surface area (Å²) in [6, 6.07) is 0. The van der Waals surface area contributed by atoms with Crippen molar-refractivity contribution in [3.05, 3.63) is 0 Å². The fraction of sp³-hybridized carbons (Fsp3) is 0.875. The molecule has 0 bridgehead atoms. The summed E-state index contributed by atoms with van der Waals surface area (Å²) in [4.78, 5) is 25.3. The first kappa shape index (κ1) is 17.8. The number of amides is 2. The number of carbonyl (C=O) groups is 2. The van der Waals surface area contributed by atoms with E-state index in [9.17, 15) is 9.59 Å². The third-order valence-electron chi connectivity index (χ3n) is 3.65. The van der Waals surface area contributed by atoms with Gasteiger partial charge in [-0.3, -0.25) is 4.79 Å². The molecule has 0 aliphatic carbocycles. The van der Waals surface area contributed by atoms with Crippen LogP contribution in [-0.4, -0.2) is 42.1 Å². The second-order valence-corrected chi connectivity index (χ2v) is 6.79. The molecular formula is C16H30N2O3. The lowest BCUT2D eigenvalue weighted by Crippen LogP contribution is -2.39. The van der Waals surface area contributed by atoms with Crippen LogP contribution < -0.4 is 5.32 Å². The van der Waals surface area contributed by atoms with Crippen molar-refractivity contribution in [3.63, 3.8) is 0 Å². The maximum atomic E-state index is 11.8. The average molecular weight is 298 g/mol. The van der Waals surface area contributed by atoms with E-state index in [4.69, 9.17) is 4.74 Å². The van der Waals surface area contributed by atoms with E-state index in [1.54, 1.807) is 0 Å². The van der Waals surface area contributed by atoms with Gasteiger partial charge >= 0.3 is 6.09 Å². The molecule has 0 spiro atoms. The van der Waals surface area contributed by atoms with Gasteiger partial charge in [-0.05, 0) is 52.4 Å². The predicted octanol–water partition coefficient (Wildman–Crippen LogP) is 2.94. The Bertz CT molecular complexity index is 342. The number of piperidine rings is 1. The minimum atomic E-state index is -0.449. The zero-order chi connectivity index (χ0) is 15.9. The van der Waals surface area contributed by atoms with E-state index < -0.39 is 5.60 Å². The van der Waals surface area contributed by atoms with Gasteiger partial charge in [0.05, 0.1) is 0 Å². The Morgan fingerprint density at radius 2 is 1.86 bits per heavy atom. The van der Waals surface area contributed by atoms with Crippen molar-refractivity contribution in [2.75, 3.05) is 19.6 Å². The molecule has 1 aliphatic heterocycles. The first-order valence-electron chi connectivity index (χ1n) is 8.06. The highest BCUT2D eigenvalue weighted by atomic mass is 16.6. The molecule has 1 fully saturated rings. The molecule has 0 aromatic carbocycles. The number of ether oxygens (including phenoxy) is 1. The highest BCUT2D eigenvalue weighted by molar-refractivity contribution is 5.76. The van der Waals surface area contributed by atoms with Gasteiger partial charge in [0.15, 0.2) is 0 Å². The van der Waals surface area contributed by atoms with Gasteiger partial charge in [0.1, 0.15) is 5.60 Å². The number of hydrogen-bond acceptors (Lipinski definition) is 3. The van der Waals surface area contributed by atoms with E-state index in [0.717, 1.165) is 38.8 Å². The molecule has 0 radical (unpaired) electrons. The molecule has 5 heteroatoms. The van der Waals surface area contributed by atoms with E-state index >= 15 is 0 Å². The van der Waals surface area contributed by atoms with E-state index in [-0.39, 0.29) is 12.0 Å². The molecular weight excluding hydrogens is 268 g/mol. The Morgan fingerprint density at radius 1 is 1.24 bits per heavy atom. The molecule has 1 heterocycles. The van der Waals surface area contributed by atoms with E-state index in [2.05, 4.69) is 5.32 Å². The molecule has 2 amide bonds. The summed E-state index contributed by atoms with van der Waals surface area (Å²) >= 11 is 0. The van der Waals surface area contributed by atoms with Crippen LogP contribution in [0, 0.1) is 5.92 Å². The van der Waals surface area contributed by atoms with Crippen LogP contribution >= 0.6 is 0 Å². The SMILES string of the molecule is CCCC(=O)N1CCC(CCNC(=O)OC(C)(C)C)CC1. The number of alkyl carbamates (subject to hydrolysis) is 1. The Morgan fingerprint density at radius 3 is 2.38 bits per heavy atom. The van der Waals surface area contributed by atoms with Crippen LogP contribution in [-0.2, 0) is 9.53 Å². The normalized spacial score (nSPS) is 16.7. The lowest BCUT2D eigenvalue weighted by Gasteiger charge is -2.32. The number of hydrogen-bond donors (Lipinski definition) is 1. The summed E-state index contributed by atoms with van der Waals surface area (Å²) in [5.74, 6) is 0.869. The fourth-order valence-corrected chi connectivity index (χ4v) is 2.54. The van der Waals surface area contributed by atoms with Crippen LogP contribution in [0.3, 0.4) is 0 Å². The molecule has 0 atom stereocenters. The van der Waals surface area contributed by atoms with Crippen LogP contribution in [0.15, 0.2) is 0 Å². The topological polar surface area (TPSA) is 58.6 Å². The number of nitrogens with zero attached hydrogens (tertiary/aromatic N) is 1. The average Bonchev–Trinajstić information content (AvgIpc) is 2.37. The van der Waals surface area contributed by atoms with E-state index in [0.29, 0.717) is 18.9 Å². The Kier molecular flexibility index (Phi) is 6.99. The summed E-state index contributed by atoms with van der Waals surface area (Å²) in [6.45, 7) is 9.96. The Hall–Kier alpha value is -1.26. The third-order valence-corrected chi connectivity index (χ3v) is 3.65. The number of nitrogens with one attached hydrogen (secondary N) is 1. The van der Waals surface area contributed by atoms with Gasteiger partial charge in [-0.2, -0.15) is 0 Å². The minimum absolute atomic E-state index is 0.280. The molecule has 0 aromatic heterocycles. The maximum absolute atomic E-state index is 11.8. The second kappa shape index (κ2) is 8.25. The standard InChI is InChI=1S/C16H30N2O3/c1-5-6-14(19)18-11-8-13(9-12-18)7-10-17-15(20)21-16(2,3)4/h13H,5-12H2,1-4H3,(H,17,20). The van der Waals surface area contributed by atoms with Gasteiger partial charge in [0, 0.05) is 26.1 Å². The summed E-state index contributed by atoms with van der Waals surface area (Å²) < 4.78 is 5.20. The second-order valence-electron chi connectivity index (χ2n) is 6.79. The van der Waals surface area contributed by atoms with Crippen LogP contribution in [0.1, 0.15) is 59.8 Å². The largest absolute Gasteiger partial charge is 0.444 e. The first-order valence-corrected chi connectivity index (χ1v) is 8.06. The lowest BCUT2D eigenvalue weighted by molar-refractivity contribution is -0.132. The van der Waals surface area contributed by atoms with Crippen LogP contribution in [0.5, 0.6) is 0 Å². The maximum Gasteiger partial charge on any atom is 0.407 e. The molecule has 122 valence electrons. The van der Waals surface area contributed by atoms with Crippen molar-refractivity contribution in [3.8, 4) is 0 Å². The molecule has 0 unspecified atom stereocenters. The van der Waals surface area contributed by atoms with Crippen molar-refractivity contribution >= 4 is 12.0 Å². The predicted molar refractivity (Wildman–Crippen MR) is 83.1 cm³/mol. The van der Waals surface area contributed by atoms with Crippen molar-refractivity contribution in [2.24, 2.45) is 5.92 Å². The highest BCUT2D eigenvalue weighted by Crippen LogP contribution is 2.20. The van der Waals surface area contributed by atoms with E-state index in [1.165, 1.54) is 0 Å². The zero-order valence-corrected chi connectivity index (χ0v) is 13.9. The Balaban J connectivity index is 2.16. The number of likely N-dealkylation sites (tertiary alicyclic amines) is 1. The quantitative estimate of drug-likeness (QED) is 0.849. The summed E-state index contributed by atoms with van der Waals surface area (Å²) in [5.41, 5.74) is -0.449. The molecule has 0 aromatic rings. The van der Waals surface area contributed by atoms with E-state index in [1.807, 2.05) is 32.6 Å². The molecule has 1 aliphatic rings. The molecule has 1 saturated heterocycles. The summed E-state index contributed by atoms with van der Waals surface area (Å²) in [7, 11) is 0. The van der Waals surface area contributed by atoms with Gasteiger partial charge in [0.2, 0.25) is 5.91 Å². The summed E-state index contributed by atoms with van der Waals surface area (Å²) in [6.07, 6.45) is 4.24. The van der Waals surface area contributed by atoms with Gasteiger partial charge < -0.3 is 15.0 Å². The molecule has 21 heavy (non-hydrogen) atoms. The Labute approximate surface area is 128 Å². The van der Waals surface area contributed by atoms with Crippen LogP contribution in [0.25, 0.3) is 0 Å². The van der Waals surface area contributed by atoms with Crippen molar-refractivity contribution in [1.82, 2.24) is 10.2 Å². The van der Waals surface area contributed by atoms with Gasteiger partial charge in [-0.15, -0.1) is 0 Å². The van der Waals surface area contributed by atoms with Gasteiger partial charge in [-0.1, -0.05) is 6.92 Å². The molecule has 0 saturated carbocycles. The smallest absolute Gasteiger partial charge is 0.407 e. The molecule has 1 rings (SSSR count). The number of rotatable bonds is 5. The highest BCUT2D eigenvalue weighted by Gasteiger charge is 2.22. The number of carbonyl (C=O) groups excluding carboxylic acids is 2. The van der Waals surface area contributed by atoms with Gasteiger partial charge in [-0.25, -0.2) is 4.79 Å². The van der Waals surface area contributed by atoms with Crippen LogP contribution in [0.4, 0.5) is 4.79 Å². The van der Waals surface area contributed by atoms with Crippen molar-refractivity contribution < 1.29 is 14.3 Å². The summed E-state index contributed by atoms with van der Waals surface area (Å²) in [5, 5.41) is 2.80. The fourth-order valence-electron chi connectivity index (χ4n) is 2.54. The van der Waals surface area contributed by atoms with Gasteiger partial charge in [0.25, 0.3) is 0 Å². The lowest BCUT2D eigenvalue weighted by atomic mass is 9.93. The van der Waals surface area contributed by atoms with Crippen molar-refractivity contribution in [1.29, 1.82) is 0 Å². The van der Waals surface area contributed by atoms with Crippen molar-refractivity contribution in [2.45, 2.75) is 65.4 Å². The zero-order valence-electron chi connectivity index (χ0n) is 13.9. The molecule has 1 N–H and O–H groups in total. The molecule has 5 nitrogen and oxygen atoms in total. The monoisotopic (exact) mass is 298 g/mol. The third kappa shape index (κ3) is 7.34. The van der Waals surface area contributed by atoms with Crippen LogP contribution in [0.2, 0.25) is 0 Å². The minimum Gasteiger partial charge on any atom is -0.444 e.